The van der Waals surface area contributed by atoms with Crippen molar-refractivity contribution in [3.63, 3.8) is 0 Å². The summed E-state index contributed by atoms with van der Waals surface area (Å²) >= 11 is 0. The van der Waals surface area contributed by atoms with E-state index in [0.717, 1.165) is 22.2 Å². The molecule has 4 aliphatic carbocycles. The minimum atomic E-state index is -0.529. The average Bonchev–Trinajstić information content (AvgIpc) is 3.36. The van der Waals surface area contributed by atoms with Crippen molar-refractivity contribution in [2.24, 2.45) is 11.8 Å². The SMILES string of the molecule is O=C(Nn1c(O)c2c(c1O)C1C=CC2C2CC12)c1ccc(F)cc1. The van der Waals surface area contributed by atoms with Crippen LogP contribution in [-0.2, 0) is 0 Å². The highest BCUT2D eigenvalue weighted by Gasteiger charge is 2.57. The molecular formula is C18H15FN2O3. The van der Waals surface area contributed by atoms with Gasteiger partial charge in [-0.25, -0.2) is 4.39 Å². The molecule has 0 aliphatic heterocycles. The van der Waals surface area contributed by atoms with E-state index in [4.69, 9.17) is 0 Å². The van der Waals surface area contributed by atoms with E-state index >= 15 is 0 Å². The number of aromatic hydroxyl groups is 2. The highest BCUT2D eigenvalue weighted by Crippen LogP contribution is 2.67. The Hall–Kier alpha value is -2.76. The maximum Gasteiger partial charge on any atom is 0.270 e. The third kappa shape index (κ3) is 1.65. The molecule has 6 heteroatoms. The number of nitrogens with one attached hydrogen (secondary N) is 1. The van der Waals surface area contributed by atoms with Crippen LogP contribution in [0.4, 0.5) is 4.39 Å². The zero-order chi connectivity index (χ0) is 16.6. The van der Waals surface area contributed by atoms with E-state index in [2.05, 4.69) is 17.6 Å². The van der Waals surface area contributed by atoms with Crippen LogP contribution in [0.15, 0.2) is 36.4 Å². The fraction of sp³-hybridized carbons (Fsp3) is 0.278. The van der Waals surface area contributed by atoms with Gasteiger partial charge in [0.1, 0.15) is 5.82 Å². The molecule has 4 unspecified atom stereocenters. The van der Waals surface area contributed by atoms with Crippen molar-refractivity contribution in [3.8, 4) is 11.8 Å². The Labute approximate surface area is 137 Å². The summed E-state index contributed by atoms with van der Waals surface area (Å²) in [7, 11) is 0. The Balaban J connectivity index is 1.52. The lowest BCUT2D eigenvalue weighted by Gasteiger charge is -2.29. The van der Waals surface area contributed by atoms with Crippen molar-refractivity contribution in [2.45, 2.75) is 18.3 Å². The highest BCUT2D eigenvalue weighted by molar-refractivity contribution is 6.00. The van der Waals surface area contributed by atoms with Gasteiger partial charge in [-0.05, 0) is 42.5 Å². The number of carbonyl (C=O) groups excluding carboxylic acids is 1. The van der Waals surface area contributed by atoms with Crippen LogP contribution in [0.2, 0.25) is 0 Å². The first-order valence-electron chi connectivity index (χ1n) is 7.98. The van der Waals surface area contributed by atoms with Gasteiger partial charge in [-0.2, -0.15) is 4.68 Å². The number of aromatic nitrogens is 1. The maximum absolute atomic E-state index is 13.0. The number of carbonyl (C=O) groups is 1. The van der Waals surface area contributed by atoms with Crippen LogP contribution in [0.3, 0.4) is 0 Å². The Bertz CT molecular complexity index is 858. The number of benzene rings is 1. The molecule has 0 spiro atoms. The minimum Gasteiger partial charge on any atom is -0.493 e. The summed E-state index contributed by atoms with van der Waals surface area (Å²) in [6.45, 7) is 0. The van der Waals surface area contributed by atoms with Crippen molar-refractivity contribution in [3.05, 3.63) is 58.9 Å². The third-order valence-corrected chi connectivity index (χ3v) is 5.52. The summed E-state index contributed by atoms with van der Waals surface area (Å²) in [4.78, 5) is 12.3. The monoisotopic (exact) mass is 326 g/mol. The van der Waals surface area contributed by atoms with Gasteiger partial charge in [-0.1, -0.05) is 12.2 Å². The molecule has 0 saturated heterocycles. The lowest BCUT2D eigenvalue weighted by molar-refractivity contribution is 0.100. The van der Waals surface area contributed by atoms with Gasteiger partial charge in [-0.3, -0.25) is 10.2 Å². The summed E-state index contributed by atoms with van der Waals surface area (Å²) in [5, 5.41) is 21.1. The van der Waals surface area contributed by atoms with E-state index in [9.17, 15) is 19.4 Å². The minimum absolute atomic E-state index is 0.102. The Kier molecular flexibility index (Phi) is 2.51. The largest absolute Gasteiger partial charge is 0.493 e. The van der Waals surface area contributed by atoms with E-state index < -0.39 is 11.7 Å². The standard InChI is InChI=1S/C18H15FN2O3/c19-9-3-1-8(2-4-9)16(22)20-21-17(23)14-10-5-6-11(13-7-12(10)13)15(14)18(21)24/h1-6,10-13,23-24H,7H2,(H,20,22). The van der Waals surface area contributed by atoms with E-state index in [0.29, 0.717) is 11.8 Å². The molecule has 1 heterocycles. The zero-order valence-corrected chi connectivity index (χ0v) is 12.6. The Morgan fingerprint density at radius 2 is 1.58 bits per heavy atom. The Morgan fingerprint density at radius 1 is 1.04 bits per heavy atom. The molecule has 1 aromatic heterocycles. The molecule has 4 aliphatic rings. The van der Waals surface area contributed by atoms with Gasteiger partial charge < -0.3 is 10.2 Å². The zero-order valence-electron chi connectivity index (χ0n) is 12.6. The molecule has 4 atom stereocenters. The van der Waals surface area contributed by atoms with Crippen molar-refractivity contribution in [1.29, 1.82) is 0 Å². The molecular weight excluding hydrogens is 311 g/mol. The highest BCUT2D eigenvalue weighted by atomic mass is 19.1. The molecule has 0 radical (unpaired) electrons. The average molecular weight is 326 g/mol. The van der Waals surface area contributed by atoms with Gasteiger partial charge in [0.15, 0.2) is 0 Å². The molecule has 1 fully saturated rings. The fourth-order valence-corrected chi connectivity index (χ4v) is 4.32. The second kappa shape index (κ2) is 4.41. The summed E-state index contributed by atoms with van der Waals surface area (Å²) in [5.74, 6) is 0.0527. The van der Waals surface area contributed by atoms with Crippen LogP contribution in [0.25, 0.3) is 0 Å². The number of allylic oxidation sites excluding steroid dienone is 2. The van der Waals surface area contributed by atoms with Gasteiger partial charge in [0, 0.05) is 28.5 Å². The number of hydrogen-bond donors (Lipinski definition) is 3. The lowest BCUT2D eigenvalue weighted by atomic mass is 9.73. The van der Waals surface area contributed by atoms with E-state index in [1.165, 1.54) is 24.3 Å². The van der Waals surface area contributed by atoms with Gasteiger partial charge in [0.25, 0.3) is 5.91 Å². The molecule has 2 bridgehead atoms. The number of hydrogen-bond acceptors (Lipinski definition) is 3. The van der Waals surface area contributed by atoms with Crippen LogP contribution >= 0.6 is 0 Å². The lowest BCUT2D eigenvalue weighted by Crippen LogP contribution is -2.22. The van der Waals surface area contributed by atoms with Crippen molar-refractivity contribution in [1.82, 2.24) is 4.68 Å². The topological polar surface area (TPSA) is 74.5 Å². The smallest absolute Gasteiger partial charge is 0.270 e. The van der Waals surface area contributed by atoms with Gasteiger partial charge in [0.2, 0.25) is 11.8 Å². The second-order valence-electron chi connectivity index (χ2n) is 6.76. The van der Waals surface area contributed by atoms with Crippen molar-refractivity contribution < 1.29 is 19.4 Å². The van der Waals surface area contributed by atoms with Crippen molar-refractivity contribution >= 4 is 5.91 Å². The molecule has 122 valence electrons. The summed E-state index contributed by atoms with van der Waals surface area (Å²) < 4.78 is 14.0. The normalized spacial score (nSPS) is 28.4. The molecule has 1 saturated carbocycles. The van der Waals surface area contributed by atoms with Gasteiger partial charge in [-0.15, -0.1) is 0 Å². The predicted molar refractivity (Wildman–Crippen MR) is 84.1 cm³/mol. The first kappa shape index (κ1) is 13.7. The number of amides is 1. The molecule has 6 rings (SSSR count). The summed E-state index contributed by atoms with van der Waals surface area (Å²) in [6, 6.07) is 5.07. The van der Waals surface area contributed by atoms with E-state index in [1.54, 1.807) is 0 Å². The van der Waals surface area contributed by atoms with Crippen LogP contribution < -0.4 is 5.43 Å². The molecule has 1 aromatic carbocycles. The van der Waals surface area contributed by atoms with Crippen LogP contribution in [-0.4, -0.2) is 20.8 Å². The number of nitrogens with zero attached hydrogens (tertiary/aromatic N) is 1. The first-order valence-corrected chi connectivity index (χ1v) is 7.98. The second-order valence-corrected chi connectivity index (χ2v) is 6.76. The van der Waals surface area contributed by atoms with Crippen LogP contribution in [0.1, 0.15) is 39.7 Å². The van der Waals surface area contributed by atoms with Crippen LogP contribution in [0.5, 0.6) is 11.8 Å². The first-order chi connectivity index (χ1) is 11.6. The number of halogens is 1. The van der Waals surface area contributed by atoms with Gasteiger partial charge in [0.05, 0.1) is 0 Å². The van der Waals surface area contributed by atoms with Crippen LogP contribution in [0, 0.1) is 17.7 Å². The molecule has 3 N–H and O–H groups in total. The summed E-state index contributed by atoms with van der Waals surface area (Å²) in [5.41, 5.74) is 4.18. The fourth-order valence-electron chi connectivity index (χ4n) is 4.32. The molecule has 24 heavy (non-hydrogen) atoms. The molecule has 1 amide bonds. The number of rotatable bonds is 2. The van der Waals surface area contributed by atoms with E-state index in [1.807, 2.05) is 0 Å². The third-order valence-electron chi connectivity index (χ3n) is 5.52. The Morgan fingerprint density at radius 3 is 2.12 bits per heavy atom. The quantitative estimate of drug-likeness (QED) is 0.743. The molecule has 2 aromatic rings. The predicted octanol–water partition coefficient (Wildman–Crippen LogP) is 2.81. The summed E-state index contributed by atoms with van der Waals surface area (Å²) in [6.07, 6.45) is 5.29. The maximum atomic E-state index is 13.0. The molecule has 5 nitrogen and oxygen atoms in total. The van der Waals surface area contributed by atoms with Crippen molar-refractivity contribution in [2.75, 3.05) is 5.43 Å². The van der Waals surface area contributed by atoms with Gasteiger partial charge >= 0.3 is 0 Å². The van der Waals surface area contributed by atoms with E-state index in [-0.39, 0.29) is 29.2 Å².